The zero-order chi connectivity index (χ0) is 25.2. The predicted molar refractivity (Wildman–Crippen MR) is 141 cm³/mol. The highest BCUT2D eigenvalue weighted by Gasteiger charge is 2.16. The Bertz CT molecular complexity index is 1260. The molecule has 6 heteroatoms. The molecule has 0 radical (unpaired) electrons. The van der Waals surface area contributed by atoms with Crippen LogP contribution in [0.2, 0.25) is 0 Å². The SMILES string of the molecule is C=C(C)C(=O)OCCOCCOc1c2ccccc2c(OCCOc2ccccc2)c2ccccc12. The molecule has 0 aromatic heterocycles. The summed E-state index contributed by atoms with van der Waals surface area (Å²) in [6.07, 6.45) is 0. The first-order valence-corrected chi connectivity index (χ1v) is 11.9. The van der Waals surface area contributed by atoms with Gasteiger partial charge in [0.25, 0.3) is 0 Å². The summed E-state index contributed by atoms with van der Waals surface area (Å²) in [5.41, 5.74) is 0.369. The fourth-order valence-electron chi connectivity index (χ4n) is 3.80. The molecule has 4 rings (SSSR count). The highest BCUT2D eigenvalue weighted by molar-refractivity contribution is 6.11. The van der Waals surface area contributed by atoms with Crippen molar-refractivity contribution >= 4 is 27.5 Å². The Labute approximate surface area is 211 Å². The lowest BCUT2D eigenvalue weighted by Crippen LogP contribution is -2.14. The summed E-state index contributed by atoms with van der Waals surface area (Å²) in [6.45, 7) is 7.20. The van der Waals surface area contributed by atoms with Gasteiger partial charge in [0.05, 0.1) is 13.2 Å². The van der Waals surface area contributed by atoms with E-state index in [9.17, 15) is 4.79 Å². The Morgan fingerprint density at radius 3 is 1.58 bits per heavy atom. The van der Waals surface area contributed by atoms with E-state index in [1.165, 1.54) is 0 Å². The van der Waals surface area contributed by atoms with E-state index in [2.05, 4.69) is 6.58 Å². The molecule has 0 aliphatic carbocycles. The van der Waals surface area contributed by atoms with Gasteiger partial charge >= 0.3 is 5.97 Å². The van der Waals surface area contributed by atoms with Crippen LogP contribution in [0.3, 0.4) is 0 Å². The maximum atomic E-state index is 11.4. The topological polar surface area (TPSA) is 63.2 Å². The van der Waals surface area contributed by atoms with Gasteiger partial charge in [-0.2, -0.15) is 0 Å². The van der Waals surface area contributed by atoms with Gasteiger partial charge in [-0.3, -0.25) is 0 Å². The molecule has 6 nitrogen and oxygen atoms in total. The standard InChI is InChI=1S/C30H30O6/c1-22(2)30(31)36-19-17-32-16-18-34-28-24-12-6-8-14-26(24)29(27-15-9-7-13-25(27)28)35-21-20-33-23-10-4-3-5-11-23/h3-15H,1,16-21H2,2H3. The summed E-state index contributed by atoms with van der Waals surface area (Å²) in [5.74, 6) is 1.99. The number of carbonyl (C=O) groups excluding carboxylic acids is 1. The summed E-state index contributed by atoms with van der Waals surface area (Å²) >= 11 is 0. The van der Waals surface area contributed by atoms with Crippen LogP contribution in [0, 0.1) is 0 Å². The van der Waals surface area contributed by atoms with Crippen molar-refractivity contribution in [1.82, 2.24) is 0 Å². The molecule has 0 saturated heterocycles. The third-order valence-corrected chi connectivity index (χ3v) is 5.46. The molecule has 36 heavy (non-hydrogen) atoms. The molecule has 186 valence electrons. The molecule has 0 amide bonds. The second kappa shape index (κ2) is 12.6. The van der Waals surface area contributed by atoms with Gasteiger partial charge in [-0.1, -0.05) is 73.3 Å². The molecular weight excluding hydrogens is 456 g/mol. The first kappa shape index (κ1) is 25.1. The molecule has 0 heterocycles. The van der Waals surface area contributed by atoms with E-state index in [0.717, 1.165) is 38.8 Å². The molecule has 0 aliphatic heterocycles. The van der Waals surface area contributed by atoms with Crippen molar-refractivity contribution in [3.63, 3.8) is 0 Å². The molecular formula is C30H30O6. The first-order valence-electron chi connectivity index (χ1n) is 11.9. The summed E-state index contributed by atoms with van der Waals surface area (Å²) in [6, 6.07) is 25.8. The number of esters is 1. The minimum Gasteiger partial charge on any atom is -0.490 e. The number of hydrogen-bond acceptors (Lipinski definition) is 6. The second-order valence-electron chi connectivity index (χ2n) is 8.14. The Morgan fingerprint density at radius 1 is 0.611 bits per heavy atom. The summed E-state index contributed by atoms with van der Waals surface area (Å²) in [5, 5.41) is 3.87. The lowest BCUT2D eigenvalue weighted by molar-refractivity contribution is -0.140. The van der Waals surface area contributed by atoms with Crippen molar-refractivity contribution < 1.29 is 28.5 Å². The summed E-state index contributed by atoms with van der Waals surface area (Å²) in [7, 11) is 0. The van der Waals surface area contributed by atoms with Gasteiger partial charge in [0.15, 0.2) is 0 Å². The van der Waals surface area contributed by atoms with Gasteiger partial charge in [-0.05, 0) is 19.1 Å². The van der Waals surface area contributed by atoms with E-state index in [1.54, 1.807) is 6.92 Å². The molecule has 0 fully saturated rings. The molecule has 0 N–H and O–H groups in total. The zero-order valence-electron chi connectivity index (χ0n) is 20.4. The van der Waals surface area contributed by atoms with Gasteiger partial charge in [0, 0.05) is 27.1 Å². The van der Waals surface area contributed by atoms with Crippen molar-refractivity contribution in [3.05, 3.63) is 91.0 Å². The average molecular weight is 487 g/mol. The van der Waals surface area contributed by atoms with Gasteiger partial charge in [0.2, 0.25) is 0 Å². The average Bonchev–Trinajstić information content (AvgIpc) is 2.91. The molecule has 0 aliphatic rings. The van der Waals surface area contributed by atoms with Crippen LogP contribution >= 0.6 is 0 Å². The highest BCUT2D eigenvalue weighted by Crippen LogP contribution is 2.42. The van der Waals surface area contributed by atoms with Gasteiger partial charge in [-0.15, -0.1) is 0 Å². The van der Waals surface area contributed by atoms with E-state index in [-0.39, 0.29) is 6.61 Å². The molecule has 0 unspecified atom stereocenters. The van der Waals surface area contributed by atoms with Gasteiger partial charge < -0.3 is 23.7 Å². The Morgan fingerprint density at radius 2 is 1.06 bits per heavy atom. The van der Waals surface area contributed by atoms with Crippen molar-refractivity contribution in [2.75, 3.05) is 39.6 Å². The summed E-state index contributed by atoms with van der Waals surface area (Å²) in [4.78, 5) is 11.4. The minimum absolute atomic E-state index is 0.178. The number of hydrogen-bond donors (Lipinski definition) is 0. The van der Waals surface area contributed by atoms with Crippen LogP contribution in [0.15, 0.2) is 91.0 Å². The van der Waals surface area contributed by atoms with E-state index in [1.807, 2.05) is 78.9 Å². The largest absolute Gasteiger partial charge is 0.490 e. The van der Waals surface area contributed by atoms with Crippen LogP contribution < -0.4 is 14.2 Å². The van der Waals surface area contributed by atoms with Crippen LogP contribution in [0.4, 0.5) is 0 Å². The maximum absolute atomic E-state index is 11.4. The lowest BCUT2D eigenvalue weighted by atomic mass is 10.0. The minimum atomic E-state index is -0.415. The van der Waals surface area contributed by atoms with Gasteiger partial charge in [-0.25, -0.2) is 4.79 Å². The number of fused-ring (bicyclic) bond motifs is 2. The molecule has 0 saturated carbocycles. The van der Waals surface area contributed by atoms with Crippen molar-refractivity contribution in [3.8, 4) is 17.2 Å². The summed E-state index contributed by atoms with van der Waals surface area (Å²) < 4.78 is 28.9. The Kier molecular flexibility index (Phi) is 8.78. The Balaban J connectivity index is 1.43. The smallest absolute Gasteiger partial charge is 0.333 e. The number of carbonyl (C=O) groups is 1. The van der Waals surface area contributed by atoms with Crippen LogP contribution in [0.5, 0.6) is 17.2 Å². The van der Waals surface area contributed by atoms with E-state index >= 15 is 0 Å². The highest BCUT2D eigenvalue weighted by atomic mass is 16.6. The molecule has 4 aromatic carbocycles. The molecule has 4 aromatic rings. The fourth-order valence-corrected chi connectivity index (χ4v) is 3.80. The predicted octanol–water partition coefficient (Wildman–Crippen LogP) is 5.97. The number of para-hydroxylation sites is 1. The van der Waals surface area contributed by atoms with Crippen molar-refractivity contribution in [2.45, 2.75) is 6.92 Å². The monoisotopic (exact) mass is 486 g/mol. The van der Waals surface area contributed by atoms with Crippen molar-refractivity contribution in [1.29, 1.82) is 0 Å². The number of benzene rings is 4. The van der Waals surface area contributed by atoms with Crippen LogP contribution in [0.1, 0.15) is 6.92 Å². The molecule has 0 bridgehead atoms. The number of rotatable bonds is 13. The molecule has 0 spiro atoms. The quantitative estimate of drug-likeness (QED) is 0.100. The van der Waals surface area contributed by atoms with E-state index in [0.29, 0.717) is 38.6 Å². The third kappa shape index (κ3) is 6.34. The third-order valence-electron chi connectivity index (χ3n) is 5.46. The second-order valence-corrected chi connectivity index (χ2v) is 8.14. The number of ether oxygens (including phenoxy) is 5. The Hall–Kier alpha value is -4.03. The van der Waals surface area contributed by atoms with Crippen LogP contribution in [-0.2, 0) is 14.3 Å². The van der Waals surface area contributed by atoms with Gasteiger partial charge in [0.1, 0.15) is 43.7 Å². The first-order chi connectivity index (χ1) is 17.6. The van der Waals surface area contributed by atoms with Crippen molar-refractivity contribution in [2.24, 2.45) is 0 Å². The molecule has 0 atom stereocenters. The normalized spacial score (nSPS) is 10.8. The van der Waals surface area contributed by atoms with Crippen LogP contribution in [-0.4, -0.2) is 45.6 Å². The van der Waals surface area contributed by atoms with E-state index < -0.39 is 5.97 Å². The van der Waals surface area contributed by atoms with E-state index in [4.69, 9.17) is 23.7 Å². The van der Waals surface area contributed by atoms with Crippen LogP contribution in [0.25, 0.3) is 21.5 Å². The zero-order valence-corrected chi connectivity index (χ0v) is 20.4. The maximum Gasteiger partial charge on any atom is 0.333 e. The fraction of sp³-hybridized carbons (Fsp3) is 0.233. The lowest BCUT2D eigenvalue weighted by Gasteiger charge is -2.18.